The topological polar surface area (TPSA) is 17.8 Å². The van der Waals surface area contributed by atoms with Gasteiger partial charge < -0.3 is 0 Å². The van der Waals surface area contributed by atoms with Gasteiger partial charge in [0.1, 0.15) is 0 Å². The quantitative estimate of drug-likeness (QED) is 0.661. The number of aryl methyl sites for hydroxylation is 3. The number of hydrogen-bond acceptors (Lipinski definition) is 1. The van der Waals surface area contributed by atoms with E-state index in [2.05, 4.69) is 63.8 Å². The van der Waals surface area contributed by atoms with Crippen molar-refractivity contribution in [2.45, 2.75) is 40.2 Å². The molecule has 1 heterocycles. The van der Waals surface area contributed by atoms with Gasteiger partial charge in [-0.15, -0.1) is 11.6 Å². The van der Waals surface area contributed by atoms with Crippen molar-refractivity contribution in [2.24, 2.45) is 5.92 Å². The summed E-state index contributed by atoms with van der Waals surface area (Å²) >= 11 is 9.89. The maximum absolute atomic E-state index is 6.22. The Kier molecular flexibility index (Phi) is 5.88. The van der Waals surface area contributed by atoms with Gasteiger partial charge in [0, 0.05) is 12.4 Å². The molecule has 0 aliphatic carbocycles. The van der Waals surface area contributed by atoms with Crippen molar-refractivity contribution < 1.29 is 0 Å². The highest BCUT2D eigenvalue weighted by Gasteiger charge is 2.17. The fourth-order valence-electron chi connectivity index (χ4n) is 2.69. The van der Waals surface area contributed by atoms with E-state index in [9.17, 15) is 0 Å². The zero-order valence-corrected chi connectivity index (χ0v) is 15.2. The maximum Gasteiger partial charge on any atom is 0.0738 e. The van der Waals surface area contributed by atoms with E-state index in [4.69, 9.17) is 11.6 Å². The Bertz CT molecular complexity index is 607. The molecular formula is C17H22BrClN2. The lowest BCUT2D eigenvalue weighted by Gasteiger charge is -2.15. The third-order valence-corrected chi connectivity index (χ3v) is 5.23. The summed E-state index contributed by atoms with van der Waals surface area (Å²) in [4.78, 5) is 0. The Morgan fingerprint density at radius 2 is 2.05 bits per heavy atom. The highest BCUT2D eigenvalue weighted by molar-refractivity contribution is 9.10. The number of halogens is 2. The van der Waals surface area contributed by atoms with Crippen LogP contribution in [-0.4, -0.2) is 15.7 Å². The van der Waals surface area contributed by atoms with Gasteiger partial charge in [-0.05, 0) is 61.0 Å². The Labute approximate surface area is 140 Å². The Balaban J connectivity index is 2.16. The summed E-state index contributed by atoms with van der Waals surface area (Å²) in [6.07, 6.45) is 1.96. The van der Waals surface area contributed by atoms with E-state index in [1.54, 1.807) is 0 Å². The van der Waals surface area contributed by atoms with E-state index < -0.39 is 0 Å². The molecule has 1 aromatic carbocycles. The molecule has 21 heavy (non-hydrogen) atoms. The third-order valence-electron chi connectivity index (χ3n) is 3.76. The van der Waals surface area contributed by atoms with Crippen LogP contribution in [0.3, 0.4) is 0 Å². The van der Waals surface area contributed by atoms with Crippen molar-refractivity contribution in [2.75, 3.05) is 5.88 Å². The Morgan fingerprint density at radius 1 is 1.29 bits per heavy atom. The molecule has 4 heteroatoms. The molecule has 2 aromatic rings. The van der Waals surface area contributed by atoms with Crippen molar-refractivity contribution in [3.63, 3.8) is 0 Å². The minimum atomic E-state index is 0.422. The van der Waals surface area contributed by atoms with Gasteiger partial charge in [0.25, 0.3) is 0 Å². The molecule has 1 atom stereocenters. The van der Waals surface area contributed by atoms with Gasteiger partial charge in [-0.1, -0.05) is 29.8 Å². The van der Waals surface area contributed by atoms with Crippen LogP contribution in [0.2, 0.25) is 0 Å². The number of aromatic nitrogens is 2. The zero-order chi connectivity index (χ0) is 15.4. The fourth-order valence-corrected chi connectivity index (χ4v) is 3.36. The average Bonchev–Trinajstić information content (AvgIpc) is 2.74. The molecule has 2 rings (SSSR count). The van der Waals surface area contributed by atoms with Crippen molar-refractivity contribution in [3.05, 3.63) is 51.3 Å². The largest absolute Gasteiger partial charge is 0.268 e. The summed E-state index contributed by atoms with van der Waals surface area (Å²) in [7, 11) is 0. The van der Waals surface area contributed by atoms with Gasteiger partial charge in [0.2, 0.25) is 0 Å². The van der Waals surface area contributed by atoms with Crippen LogP contribution in [0.15, 0.2) is 28.7 Å². The second-order valence-electron chi connectivity index (χ2n) is 5.58. The summed E-state index contributed by atoms with van der Waals surface area (Å²) in [5.74, 6) is 1.08. The molecule has 1 unspecified atom stereocenters. The Morgan fingerprint density at radius 3 is 2.67 bits per heavy atom. The highest BCUT2D eigenvalue weighted by Crippen LogP contribution is 2.25. The highest BCUT2D eigenvalue weighted by atomic mass is 79.9. The molecule has 2 nitrogen and oxygen atoms in total. The maximum atomic E-state index is 6.22. The van der Waals surface area contributed by atoms with E-state index in [0.717, 1.165) is 29.6 Å². The Hall–Kier alpha value is -0.800. The number of benzene rings is 1. The molecule has 0 N–H and O–H groups in total. The summed E-state index contributed by atoms with van der Waals surface area (Å²) in [6, 6.07) is 8.68. The van der Waals surface area contributed by atoms with Gasteiger partial charge in [-0.2, -0.15) is 5.10 Å². The summed E-state index contributed by atoms with van der Waals surface area (Å²) in [5.41, 5.74) is 4.97. The van der Waals surface area contributed by atoms with Gasteiger partial charge in [0.15, 0.2) is 0 Å². The lowest BCUT2D eigenvalue weighted by Crippen LogP contribution is -2.14. The third kappa shape index (κ3) is 4.10. The molecule has 0 fully saturated rings. The molecule has 0 bridgehead atoms. The monoisotopic (exact) mass is 368 g/mol. The molecule has 0 saturated heterocycles. The zero-order valence-electron chi connectivity index (χ0n) is 12.9. The lowest BCUT2D eigenvalue weighted by atomic mass is 9.95. The van der Waals surface area contributed by atoms with E-state index in [-0.39, 0.29) is 0 Å². The van der Waals surface area contributed by atoms with E-state index in [1.807, 2.05) is 6.92 Å². The van der Waals surface area contributed by atoms with Crippen LogP contribution in [0.5, 0.6) is 0 Å². The first-order chi connectivity index (χ1) is 10.0. The molecule has 0 aliphatic rings. The normalized spacial score (nSPS) is 12.6. The van der Waals surface area contributed by atoms with Gasteiger partial charge in [-0.25, -0.2) is 0 Å². The van der Waals surface area contributed by atoms with Crippen LogP contribution >= 0.6 is 27.5 Å². The van der Waals surface area contributed by atoms with Crippen LogP contribution in [0.1, 0.15) is 29.4 Å². The first-order valence-corrected chi connectivity index (χ1v) is 8.71. The molecule has 0 radical (unpaired) electrons. The van der Waals surface area contributed by atoms with E-state index >= 15 is 0 Å². The van der Waals surface area contributed by atoms with Crippen molar-refractivity contribution in [3.8, 4) is 0 Å². The average molecular weight is 370 g/mol. The number of hydrogen-bond donors (Lipinski definition) is 0. The first-order valence-electron chi connectivity index (χ1n) is 7.38. The molecule has 0 aliphatic heterocycles. The molecule has 0 amide bonds. The lowest BCUT2D eigenvalue weighted by molar-refractivity contribution is 0.530. The van der Waals surface area contributed by atoms with Crippen LogP contribution in [-0.2, 0) is 19.4 Å². The van der Waals surface area contributed by atoms with Crippen LogP contribution in [0, 0.1) is 19.8 Å². The smallest absolute Gasteiger partial charge is 0.0738 e. The second-order valence-corrected chi connectivity index (χ2v) is 6.68. The van der Waals surface area contributed by atoms with Crippen molar-refractivity contribution >= 4 is 27.5 Å². The van der Waals surface area contributed by atoms with E-state index in [0.29, 0.717) is 11.8 Å². The summed E-state index contributed by atoms with van der Waals surface area (Å²) in [6.45, 7) is 7.18. The molecular weight excluding hydrogens is 348 g/mol. The minimum absolute atomic E-state index is 0.422. The van der Waals surface area contributed by atoms with Crippen molar-refractivity contribution in [1.29, 1.82) is 0 Å². The standard InChI is InChI=1S/C17H22BrClN2/c1-4-21-16(17(18)13(3)20-21)10-15(11-19)9-14-7-5-6-12(2)8-14/h5-8,15H,4,9-11H2,1-3H3. The number of nitrogens with zero attached hydrogens (tertiary/aromatic N) is 2. The fraction of sp³-hybridized carbons (Fsp3) is 0.471. The summed E-state index contributed by atoms with van der Waals surface area (Å²) in [5, 5.41) is 4.56. The van der Waals surface area contributed by atoms with Gasteiger partial charge in [-0.3, -0.25) is 4.68 Å². The van der Waals surface area contributed by atoms with Crippen LogP contribution in [0.25, 0.3) is 0 Å². The molecule has 1 aromatic heterocycles. The predicted octanol–water partition coefficient (Wildman–Crippen LogP) is 4.92. The summed E-state index contributed by atoms with van der Waals surface area (Å²) < 4.78 is 3.21. The molecule has 114 valence electrons. The van der Waals surface area contributed by atoms with Crippen LogP contribution < -0.4 is 0 Å². The predicted molar refractivity (Wildman–Crippen MR) is 93.1 cm³/mol. The number of rotatable bonds is 6. The molecule has 0 saturated carbocycles. The first kappa shape index (κ1) is 16.6. The SMILES string of the molecule is CCn1nc(C)c(Br)c1CC(CCl)Cc1cccc(C)c1. The second kappa shape index (κ2) is 7.46. The van der Waals surface area contributed by atoms with Crippen LogP contribution in [0.4, 0.5) is 0 Å². The minimum Gasteiger partial charge on any atom is -0.268 e. The van der Waals surface area contributed by atoms with Crippen molar-refractivity contribution in [1.82, 2.24) is 9.78 Å². The van der Waals surface area contributed by atoms with Gasteiger partial charge in [0.05, 0.1) is 15.9 Å². The molecule has 0 spiro atoms. The van der Waals surface area contributed by atoms with E-state index in [1.165, 1.54) is 16.8 Å². The van der Waals surface area contributed by atoms with Gasteiger partial charge >= 0.3 is 0 Å². The number of alkyl halides is 1.